The number of para-hydroxylation sites is 1. The van der Waals surface area contributed by atoms with Gasteiger partial charge >= 0.3 is 0 Å². The summed E-state index contributed by atoms with van der Waals surface area (Å²) in [5.74, 6) is 0.762. The maximum atomic E-state index is 6.18. The van der Waals surface area contributed by atoms with E-state index in [4.69, 9.17) is 16.3 Å². The Bertz CT molecular complexity index is 529. The predicted octanol–water partition coefficient (Wildman–Crippen LogP) is 4.46. The highest BCUT2D eigenvalue weighted by molar-refractivity contribution is 9.11. The summed E-state index contributed by atoms with van der Waals surface area (Å²) in [5, 5.41) is 3.76. The Morgan fingerprint density at radius 1 is 1.33 bits per heavy atom. The lowest BCUT2D eigenvalue weighted by atomic mass is 10.2. The quantitative estimate of drug-likeness (QED) is 0.863. The van der Waals surface area contributed by atoms with Gasteiger partial charge in [-0.3, -0.25) is 0 Å². The van der Waals surface area contributed by atoms with Crippen molar-refractivity contribution in [3.05, 3.63) is 49.6 Å². The Kier molecular flexibility index (Phi) is 5.06. The molecule has 18 heavy (non-hydrogen) atoms. The van der Waals surface area contributed by atoms with Gasteiger partial charge in [0.25, 0.3) is 0 Å². The molecule has 2 rings (SSSR count). The fourth-order valence-electron chi connectivity index (χ4n) is 1.62. The first-order valence-corrected chi connectivity index (χ1v) is 7.48. The van der Waals surface area contributed by atoms with Crippen molar-refractivity contribution in [1.82, 2.24) is 5.32 Å². The van der Waals surface area contributed by atoms with Gasteiger partial charge in [0.15, 0.2) is 0 Å². The number of nitrogens with one attached hydrogen (secondary N) is 1. The molecule has 0 aliphatic heterocycles. The Morgan fingerprint density at radius 3 is 2.83 bits per heavy atom. The Hall–Kier alpha value is -0.550. The first kappa shape index (κ1) is 13.9. The zero-order valence-corrected chi connectivity index (χ0v) is 13.0. The smallest absolute Gasteiger partial charge is 0.142 e. The lowest BCUT2D eigenvalue weighted by Gasteiger charge is -2.12. The highest BCUT2D eigenvalue weighted by Gasteiger charge is 2.08. The van der Waals surface area contributed by atoms with Gasteiger partial charge < -0.3 is 10.1 Å². The van der Waals surface area contributed by atoms with Crippen LogP contribution in [0.2, 0.25) is 5.02 Å². The molecular formula is C13H13BrClNOS. The topological polar surface area (TPSA) is 21.3 Å². The standard InChI is InChI=1S/C13H13BrClNOS/c1-16-7-9-3-2-4-11(15)13(9)17-8-10-5-6-12(14)18-10/h2-6,16H,7-8H2,1H3. The van der Waals surface area contributed by atoms with Crippen LogP contribution < -0.4 is 10.1 Å². The molecule has 1 N–H and O–H groups in total. The average molecular weight is 347 g/mol. The van der Waals surface area contributed by atoms with Crippen LogP contribution in [0.15, 0.2) is 34.1 Å². The number of thiophene rings is 1. The lowest BCUT2D eigenvalue weighted by molar-refractivity contribution is 0.306. The monoisotopic (exact) mass is 345 g/mol. The van der Waals surface area contributed by atoms with Crippen LogP contribution in [0.3, 0.4) is 0 Å². The third-order valence-electron chi connectivity index (χ3n) is 2.40. The number of rotatable bonds is 5. The van der Waals surface area contributed by atoms with Gasteiger partial charge in [-0.05, 0) is 41.2 Å². The Morgan fingerprint density at radius 2 is 2.17 bits per heavy atom. The number of benzene rings is 1. The highest BCUT2D eigenvalue weighted by Crippen LogP contribution is 2.30. The molecular weight excluding hydrogens is 334 g/mol. The van der Waals surface area contributed by atoms with Crippen LogP contribution in [0.25, 0.3) is 0 Å². The summed E-state index contributed by atoms with van der Waals surface area (Å²) >= 11 is 11.3. The first-order valence-electron chi connectivity index (χ1n) is 5.49. The van der Waals surface area contributed by atoms with E-state index in [1.54, 1.807) is 11.3 Å². The molecule has 0 unspecified atom stereocenters. The molecule has 0 atom stereocenters. The maximum absolute atomic E-state index is 6.18. The normalized spacial score (nSPS) is 10.6. The van der Waals surface area contributed by atoms with Gasteiger partial charge in [0, 0.05) is 17.0 Å². The largest absolute Gasteiger partial charge is 0.486 e. The van der Waals surface area contributed by atoms with Crippen molar-refractivity contribution >= 4 is 38.9 Å². The van der Waals surface area contributed by atoms with E-state index in [1.807, 2.05) is 37.4 Å². The molecule has 1 aromatic carbocycles. The van der Waals surface area contributed by atoms with E-state index in [-0.39, 0.29) is 0 Å². The maximum Gasteiger partial charge on any atom is 0.142 e. The minimum atomic E-state index is 0.538. The van der Waals surface area contributed by atoms with Crippen LogP contribution in [0.4, 0.5) is 0 Å². The van der Waals surface area contributed by atoms with Crippen molar-refractivity contribution in [2.24, 2.45) is 0 Å². The summed E-state index contributed by atoms with van der Waals surface area (Å²) in [6.07, 6.45) is 0. The van der Waals surface area contributed by atoms with E-state index < -0.39 is 0 Å². The van der Waals surface area contributed by atoms with Gasteiger partial charge in [0.1, 0.15) is 12.4 Å². The van der Waals surface area contributed by atoms with Crippen LogP contribution >= 0.6 is 38.9 Å². The average Bonchev–Trinajstić information content (AvgIpc) is 2.75. The molecule has 5 heteroatoms. The molecule has 1 heterocycles. The van der Waals surface area contributed by atoms with Crippen LogP contribution in [0.1, 0.15) is 10.4 Å². The van der Waals surface area contributed by atoms with E-state index in [2.05, 4.69) is 21.2 Å². The number of ether oxygens (including phenoxy) is 1. The molecule has 0 fully saturated rings. The minimum Gasteiger partial charge on any atom is -0.486 e. The zero-order valence-electron chi connectivity index (χ0n) is 9.87. The van der Waals surface area contributed by atoms with Gasteiger partial charge in [0.05, 0.1) is 8.81 Å². The fourth-order valence-corrected chi connectivity index (χ4v) is 3.26. The number of halogens is 2. The summed E-state index contributed by atoms with van der Waals surface area (Å²) in [4.78, 5) is 1.16. The van der Waals surface area contributed by atoms with Crippen molar-refractivity contribution in [3.8, 4) is 5.75 Å². The van der Waals surface area contributed by atoms with Gasteiger partial charge in [0.2, 0.25) is 0 Å². The second-order valence-corrected chi connectivity index (χ2v) is 6.71. The van der Waals surface area contributed by atoms with E-state index in [0.29, 0.717) is 11.6 Å². The van der Waals surface area contributed by atoms with Crippen LogP contribution in [-0.4, -0.2) is 7.05 Å². The Balaban J connectivity index is 2.12. The highest BCUT2D eigenvalue weighted by atomic mass is 79.9. The number of hydrogen-bond acceptors (Lipinski definition) is 3. The Labute approximate surface area is 124 Å². The third-order valence-corrected chi connectivity index (χ3v) is 4.30. The van der Waals surface area contributed by atoms with Gasteiger partial charge in [-0.15, -0.1) is 11.3 Å². The lowest BCUT2D eigenvalue weighted by Crippen LogP contribution is -2.07. The molecule has 0 saturated heterocycles. The molecule has 0 radical (unpaired) electrons. The van der Waals surface area contributed by atoms with Crippen molar-refractivity contribution in [1.29, 1.82) is 0 Å². The second-order valence-electron chi connectivity index (χ2n) is 3.75. The molecule has 0 spiro atoms. The summed E-state index contributed by atoms with van der Waals surface area (Å²) in [6, 6.07) is 9.86. The molecule has 0 aliphatic rings. The SMILES string of the molecule is CNCc1cccc(Cl)c1OCc1ccc(Br)s1. The molecule has 96 valence electrons. The predicted molar refractivity (Wildman–Crippen MR) is 80.6 cm³/mol. The minimum absolute atomic E-state index is 0.538. The molecule has 0 bridgehead atoms. The molecule has 2 aromatic rings. The molecule has 2 nitrogen and oxygen atoms in total. The summed E-state index contributed by atoms with van der Waals surface area (Å²) < 4.78 is 6.94. The van der Waals surface area contributed by atoms with Gasteiger partial charge in [-0.25, -0.2) is 0 Å². The summed E-state index contributed by atoms with van der Waals surface area (Å²) in [5.41, 5.74) is 1.07. The van der Waals surface area contributed by atoms with E-state index in [9.17, 15) is 0 Å². The third kappa shape index (κ3) is 3.48. The van der Waals surface area contributed by atoms with Crippen molar-refractivity contribution in [3.63, 3.8) is 0 Å². The number of hydrogen-bond donors (Lipinski definition) is 1. The van der Waals surface area contributed by atoms with Crippen molar-refractivity contribution < 1.29 is 4.74 Å². The molecule has 0 saturated carbocycles. The summed E-state index contributed by atoms with van der Waals surface area (Å²) in [6.45, 7) is 1.28. The summed E-state index contributed by atoms with van der Waals surface area (Å²) in [7, 11) is 1.90. The van der Waals surface area contributed by atoms with Crippen LogP contribution in [-0.2, 0) is 13.2 Å². The van der Waals surface area contributed by atoms with Crippen molar-refractivity contribution in [2.45, 2.75) is 13.2 Å². The zero-order chi connectivity index (χ0) is 13.0. The molecule has 1 aromatic heterocycles. The molecule has 0 amide bonds. The molecule has 0 aliphatic carbocycles. The van der Waals surface area contributed by atoms with Crippen LogP contribution in [0.5, 0.6) is 5.75 Å². The second kappa shape index (κ2) is 6.57. The van der Waals surface area contributed by atoms with Gasteiger partial charge in [-0.1, -0.05) is 23.7 Å². The van der Waals surface area contributed by atoms with Crippen molar-refractivity contribution in [2.75, 3.05) is 7.05 Å². The van der Waals surface area contributed by atoms with Crippen LogP contribution in [0, 0.1) is 0 Å². The fraction of sp³-hybridized carbons (Fsp3) is 0.231. The first-order chi connectivity index (χ1) is 8.70. The van der Waals surface area contributed by atoms with Gasteiger partial charge in [-0.2, -0.15) is 0 Å². The van der Waals surface area contributed by atoms with E-state index in [1.165, 1.54) is 0 Å². The van der Waals surface area contributed by atoms with E-state index in [0.717, 1.165) is 26.5 Å². The van der Waals surface area contributed by atoms with E-state index >= 15 is 0 Å².